The first-order valence-corrected chi connectivity index (χ1v) is 12.4. The fourth-order valence-electron chi connectivity index (χ4n) is 5.61. The molecular formula is C24H33FO4S. The van der Waals surface area contributed by atoms with Crippen LogP contribution in [-0.4, -0.2) is 29.6 Å². The van der Waals surface area contributed by atoms with Crippen LogP contribution >= 0.6 is 11.8 Å². The van der Waals surface area contributed by atoms with E-state index in [2.05, 4.69) is 20.8 Å². The molecule has 0 bridgehead atoms. The standard InChI is InChI=1S/C24H33FO4S/c1-14-7-9-20-16(3)24(29-23-22(20)19(14)10-8-15(2)27-23)30-12-11-21(26)28-18-6-4-5-17(25)13-18/h4-6,13-16,19-20,22-24H,7-12H2,1-3H3. The molecule has 0 aromatic heterocycles. The highest BCUT2D eigenvalue weighted by Gasteiger charge is 2.52. The van der Waals surface area contributed by atoms with E-state index in [0.29, 0.717) is 29.4 Å². The van der Waals surface area contributed by atoms with Crippen molar-refractivity contribution in [1.82, 2.24) is 0 Å². The molecule has 1 saturated carbocycles. The van der Waals surface area contributed by atoms with Crippen LogP contribution in [0.4, 0.5) is 4.39 Å². The van der Waals surface area contributed by atoms with Gasteiger partial charge in [-0.2, -0.15) is 0 Å². The van der Waals surface area contributed by atoms with Gasteiger partial charge in [0.05, 0.1) is 12.5 Å². The van der Waals surface area contributed by atoms with Gasteiger partial charge in [0.15, 0.2) is 6.29 Å². The third-order valence-corrected chi connectivity index (χ3v) is 8.56. The summed E-state index contributed by atoms with van der Waals surface area (Å²) in [6.07, 6.45) is 5.23. The molecule has 4 rings (SSSR count). The number of hydrogen-bond acceptors (Lipinski definition) is 5. The van der Waals surface area contributed by atoms with Gasteiger partial charge < -0.3 is 14.2 Å². The summed E-state index contributed by atoms with van der Waals surface area (Å²) in [5.74, 6) is 3.07. The molecule has 2 heterocycles. The Morgan fingerprint density at radius 3 is 2.73 bits per heavy atom. The highest BCUT2D eigenvalue weighted by atomic mass is 32.2. The predicted molar refractivity (Wildman–Crippen MR) is 116 cm³/mol. The number of benzene rings is 1. The molecule has 3 aliphatic rings. The molecule has 1 aromatic carbocycles. The van der Waals surface area contributed by atoms with E-state index in [9.17, 15) is 9.18 Å². The first-order valence-electron chi connectivity index (χ1n) is 11.3. The summed E-state index contributed by atoms with van der Waals surface area (Å²) < 4.78 is 31.3. The van der Waals surface area contributed by atoms with Gasteiger partial charge >= 0.3 is 5.97 Å². The first-order chi connectivity index (χ1) is 14.4. The topological polar surface area (TPSA) is 44.8 Å². The van der Waals surface area contributed by atoms with Crippen LogP contribution in [0.3, 0.4) is 0 Å². The molecule has 166 valence electrons. The van der Waals surface area contributed by atoms with E-state index in [1.807, 2.05) is 0 Å². The second-order valence-electron chi connectivity index (χ2n) is 9.27. The lowest BCUT2D eigenvalue weighted by Crippen LogP contribution is -2.52. The van der Waals surface area contributed by atoms with E-state index in [4.69, 9.17) is 14.2 Å². The van der Waals surface area contributed by atoms with Crippen LogP contribution in [0, 0.1) is 35.4 Å². The maximum Gasteiger partial charge on any atom is 0.312 e. The van der Waals surface area contributed by atoms with E-state index in [0.717, 1.165) is 12.3 Å². The highest BCUT2D eigenvalue weighted by molar-refractivity contribution is 7.99. The molecule has 0 amide bonds. The molecule has 8 unspecified atom stereocenters. The van der Waals surface area contributed by atoms with Crippen LogP contribution in [-0.2, 0) is 14.3 Å². The van der Waals surface area contributed by atoms with Crippen LogP contribution in [0.5, 0.6) is 5.75 Å². The van der Waals surface area contributed by atoms with Crippen LogP contribution < -0.4 is 4.74 Å². The Balaban J connectivity index is 1.34. The van der Waals surface area contributed by atoms with Crippen molar-refractivity contribution in [3.05, 3.63) is 30.1 Å². The van der Waals surface area contributed by atoms with Crippen molar-refractivity contribution < 1.29 is 23.4 Å². The molecular weight excluding hydrogens is 403 g/mol. The lowest BCUT2D eigenvalue weighted by molar-refractivity contribution is -0.258. The molecule has 2 saturated heterocycles. The van der Waals surface area contributed by atoms with Crippen LogP contribution in [0.2, 0.25) is 0 Å². The number of halogens is 1. The Labute approximate surface area is 183 Å². The zero-order valence-electron chi connectivity index (χ0n) is 18.1. The van der Waals surface area contributed by atoms with Gasteiger partial charge in [0.2, 0.25) is 0 Å². The Kier molecular flexibility index (Phi) is 7.05. The summed E-state index contributed by atoms with van der Waals surface area (Å²) in [6.45, 7) is 6.84. The van der Waals surface area contributed by atoms with E-state index in [-0.39, 0.29) is 36.0 Å². The SMILES string of the molecule is CC1CCC2C(C)CCC3C(C)C(SCCC(=O)Oc4cccc(F)c4)OC(O1)C23. The number of carbonyl (C=O) groups is 1. The average Bonchev–Trinajstić information content (AvgIpc) is 2.86. The normalized spacial score (nSPS) is 38.4. The van der Waals surface area contributed by atoms with Gasteiger partial charge in [-0.25, -0.2) is 4.39 Å². The van der Waals surface area contributed by atoms with Crippen LogP contribution in [0.15, 0.2) is 24.3 Å². The minimum absolute atomic E-state index is 0.0255. The van der Waals surface area contributed by atoms with Crippen molar-refractivity contribution in [2.45, 2.75) is 70.7 Å². The maximum atomic E-state index is 13.3. The van der Waals surface area contributed by atoms with Gasteiger partial charge in [-0.1, -0.05) is 26.3 Å². The van der Waals surface area contributed by atoms with Gasteiger partial charge in [0.1, 0.15) is 17.0 Å². The second kappa shape index (κ2) is 9.58. The van der Waals surface area contributed by atoms with Crippen molar-refractivity contribution in [2.75, 3.05) is 5.75 Å². The van der Waals surface area contributed by atoms with Gasteiger partial charge in [-0.3, -0.25) is 4.79 Å². The number of esters is 1. The maximum absolute atomic E-state index is 13.3. The van der Waals surface area contributed by atoms with E-state index >= 15 is 0 Å². The molecule has 8 atom stereocenters. The molecule has 0 radical (unpaired) electrons. The summed E-state index contributed by atoms with van der Waals surface area (Å²) in [5, 5.41) is 0. The van der Waals surface area contributed by atoms with Crippen molar-refractivity contribution in [2.24, 2.45) is 29.6 Å². The van der Waals surface area contributed by atoms with Crippen LogP contribution in [0.1, 0.15) is 52.9 Å². The Morgan fingerprint density at radius 2 is 1.93 bits per heavy atom. The lowest BCUT2D eigenvalue weighted by Gasteiger charge is -2.52. The molecule has 0 N–H and O–H groups in total. The smallest absolute Gasteiger partial charge is 0.312 e. The third kappa shape index (κ3) is 4.86. The Morgan fingerprint density at radius 1 is 1.13 bits per heavy atom. The number of ether oxygens (including phenoxy) is 3. The fourth-order valence-corrected chi connectivity index (χ4v) is 6.82. The summed E-state index contributed by atoms with van der Waals surface area (Å²) in [6, 6.07) is 5.68. The third-order valence-electron chi connectivity index (χ3n) is 7.25. The van der Waals surface area contributed by atoms with E-state index in [1.54, 1.807) is 17.8 Å². The van der Waals surface area contributed by atoms with Crippen LogP contribution in [0.25, 0.3) is 0 Å². The predicted octanol–water partition coefficient (Wildman–Crippen LogP) is 5.65. The molecule has 4 nitrogen and oxygen atoms in total. The molecule has 0 spiro atoms. The highest BCUT2D eigenvalue weighted by Crippen LogP contribution is 2.53. The van der Waals surface area contributed by atoms with Crippen molar-refractivity contribution >= 4 is 17.7 Å². The number of hydrogen-bond donors (Lipinski definition) is 0. The van der Waals surface area contributed by atoms with Gasteiger partial charge in [-0.05, 0) is 62.0 Å². The van der Waals surface area contributed by atoms with Crippen molar-refractivity contribution in [3.8, 4) is 5.75 Å². The first kappa shape index (κ1) is 22.1. The zero-order valence-corrected chi connectivity index (χ0v) is 18.9. The quantitative estimate of drug-likeness (QED) is 0.441. The minimum atomic E-state index is -0.411. The Bertz CT molecular complexity index is 744. The minimum Gasteiger partial charge on any atom is -0.426 e. The Hall–Kier alpha value is -1.11. The summed E-state index contributed by atoms with van der Waals surface area (Å²) >= 11 is 1.68. The van der Waals surface area contributed by atoms with Crippen molar-refractivity contribution in [3.63, 3.8) is 0 Å². The second-order valence-corrected chi connectivity index (χ2v) is 10.5. The molecule has 2 aliphatic heterocycles. The molecule has 6 heteroatoms. The van der Waals surface area contributed by atoms with Crippen molar-refractivity contribution in [1.29, 1.82) is 0 Å². The lowest BCUT2D eigenvalue weighted by atomic mass is 9.61. The van der Waals surface area contributed by atoms with E-state index in [1.165, 1.54) is 37.5 Å². The summed E-state index contributed by atoms with van der Waals surface area (Å²) in [4.78, 5) is 12.1. The summed E-state index contributed by atoms with van der Waals surface area (Å²) in [5.41, 5.74) is 0.0255. The average molecular weight is 437 g/mol. The largest absolute Gasteiger partial charge is 0.426 e. The molecule has 1 aliphatic carbocycles. The summed E-state index contributed by atoms with van der Waals surface area (Å²) in [7, 11) is 0. The monoisotopic (exact) mass is 436 g/mol. The van der Waals surface area contributed by atoms with Gasteiger partial charge in [0, 0.05) is 17.7 Å². The molecule has 1 aromatic rings. The number of rotatable bonds is 5. The number of thioether (sulfide) groups is 1. The zero-order chi connectivity index (χ0) is 21.3. The molecule has 30 heavy (non-hydrogen) atoms. The molecule has 3 fully saturated rings. The van der Waals surface area contributed by atoms with Gasteiger partial charge in [-0.15, -0.1) is 11.8 Å². The van der Waals surface area contributed by atoms with E-state index < -0.39 is 5.82 Å². The fraction of sp³-hybridized carbons (Fsp3) is 0.708. The number of carbonyl (C=O) groups excluding carboxylic acids is 1. The van der Waals surface area contributed by atoms with Gasteiger partial charge in [0.25, 0.3) is 0 Å².